The Morgan fingerprint density at radius 3 is 2.72 bits per heavy atom. The van der Waals surface area contributed by atoms with Gasteiger partial charge in [-0.2, -0.15) is 5.10 Å². The fourth-order valence-corrected chi connectivity index (χ4v) is 1.90. The van der Waals surface area contributed by atoms with Gasteiger partial charge in [-0.1, -0.05) is 0 Å². The minimum Gasteiger partial charge on any atom is -0.380 e. The van der Waals surface area contributed by atoms with Crippen molar-refractivity contribution in [1.29, 1.82) is 0 Å². The maximum atomic E-state index is 11.5. The summed E-state index contributed by atoms with van der Waals surface area (Å²) < 4.78 is 3.48. The normalized spacial score (nSPS) is 10.6. The molecule has 1 N–H and O–H groups in total. The molecule has 0 spiro atoms. The van der Waals surface area contributed by atoms with Gasteiger partial charge in [0.2, 0.25) is 0 Å². The van der Waals surface area contributed by atoms with Crippen LogP contribution >= 0.6 is 0 Å². The number of nitrogens with one attached hydrogen (secondary N) is 1. The summed E-state index contributed by atoms with van der Waals surface area (Å²) in [6.07, 6.45) is 3.84. The second-order valence-electron chi connectivity index (χ2n) is 4.31. The highest BCUT2D eigenvalue weighted by Gasteiger charge is 2.03. The summed E-state index contributed by atoms with van der Waals surface area (Å²) in [5.41, 5.74) is 3.15. The molecule has 0 aliphatic carbocycles. The van der Waals surface area contributed by atoms with E-state index in [9.17, 15) is 4.79 Å². The smallest absolute Gasteiger partial charge is 0.250 e. The molecular weight excluding hydrogens is 228 g/mol. The SMILES string of the molecule is CCn1cc(NCc2cn(C)nc2C)ccc1=O. The Labute approximate surface area is 106 Å². The highest BCUT2D eigenvalue weighted by Crippen LogP contribution is 2.09. The zero-order chi connectivity index (χ0) is 13.1. The zero-order valence-electron chi connectivity index (χ0n) is 11.0. The summed E-state index contributed by atoms with van der Waals surface area (Å²) in [5, 5.41) is 7.60. The first-order valence-corrected chi connectivity index (χ1v) is 6.03. The second kappa shape index (κ2) is 5.08. The molecule has 0 atom stereocenters. The number of rotatable bonds is 4. The Kier molecular flexibility index (Phi) is 3.50. The first-order chi connectivity index (χ1) is 8.60. The Balaban J connectivity index is 2.11. The van der Waals surface area contributed by atoms with Crippen molar-refractivity contribution in [3.05, 3.63) is 46.1 Å². The molecule has 5 heteroatoms. The molecule has 0 saturated carbocycles. The zero-order valence-corrected chi connectivity index (χ0v) is 11.0. The Morgan fingerprint density at radius 1 is 1.33 bits per heavy atom. The lowest BCUT2D eigenvalue weighted by atomic mass is 10.2. The van der Waals surface area contributed by atoms with Gasteiger partial charge in [-0.3, -0.25) is 9.48 Å². The molecule has 0 fully saturated rings. The van der Waals surface area contributed by atoms with E-state index in [1.54, 1.807) is 21.4 Å². The van der Waals surface area contributed by atoms with Crippen molar-refractivity contribution in [2.24, 2.45) is 7.05 Å². The van der Waals surface area contributed by atoms with Gasteiger partial charge in [0.25, 0.3) is 5.56 Å². The van der Waals surface area contributed by atoms with E-state index in [2.05, 4.69) is 10.4 Å². The number of hydrogen-bond donors (Lipinski definition) is 1. The molecule has 2 aromatic rings. The average Bonchev–Trinajstić information content (AvgIpc) is 2.67. The summed E-state index contributed by atoms with van der Waals surface area (Å²) in [5.74, 6) is 0. The van der Waals surface area contributed by atoms with Crippen molar-refractivity contribution < 1.29 is 0 Å². The van der Waals surface area contributed by atoms with Crippen LogP contribution in [0.1, 0.15) is 18.2 Å². The molecule has 96 valence electrons. The van der Waals surface area contributed by atoms with Crippen LogP contribution in [0.25, 0.3) is 0 Å². The fourth-order valence-electron chi connectivity index (χ4n) is 1.90. The number of nitrogens with zero attached hydrogens (tertiary/aromatic N) is 3. The fraction of sp³-hybridized carbons (Fsp3) is 0.385. The van der Waals surface area contributed by atoms with Crippen LogP contribution in [0.15, 0.2) is 29.3 Å². The minimum atomic E-state index is 0.0283. The minimum absolute atomic E-state index is 0.0283. The molecule has 18 heavy (non-hydrogen) atoms. The van der Waals surface area contributed by atoms with Crippen molar-refractivity contribution in [1.82, 2.24) is 14.3 Å². The molecule has 0 aliphatic heterocycles. The number of aromatic nitrogens is 3. The highest BCUT2D eigenvalue weighted by atomic mass is 16.1. The molecule has 2 heterocycles. The lowest BCUT2D eigenvalue weighted by Crippen LogP contribution is -2.17. The van der Waals surface area contributed by atoms with Crippen LogP contribution in [0.2, 0.25) is 0 Å². The topological polar surface area (TPSA) is 51.9 Å². The van der Waals surface area contributed by atoms with Crippen molar-refractivity contribution >= 4 is 5.69 Å². The van der Waals surface area contributed by atoms with E-state index in [1.807, 2.05) is 33.3 Å². The number of pyridine rings is 1. The van der Waals surface area contributed by atoms with Gasteiger partial charge in [0, 0.05) is 44.2 Å². The van der Waals surface area contributed by atoms with Gasteiger partial charge >= 0.3 is 0 Å². The maximum Gasteiger partial charge on any atom is 0.250 e. The summed E-state index contributed by atoms with van der Waals surface area (Å²) in [6.45, 7) is 5.34. The van der Waals surface area contributed by atoms with Crippen LogP contribution in [-0.2, 0) is 20.1 Å². The Hall–Kier alpha value is -2.04. The van der Waals surface area contributed by atoms with Gasteiger partial charge in [0.15, 0.2) is 0 Å². The molecule has 0 bridgehead atoms. The van der Waals surface area contributed by atoms with Crippen molar-refractivity contribution in [2.45, 2.75) is 26.9 Å². The number of hydrogen-bond acceptors (Lipinski definition) is 3. The molecule has 0 radical (unpaired) electrons. The van der Waals surface area contributed by atoms with Gasteiger partial charge in [-0.25, -0.2) is 0 Å². The lowest BCUT2D eigenvalue weighted by Gasteiger charge is -2.08. The molecule has 0 saturated heterocycles. The molecule has 2 rings (SSSR count). The van der Waals surface area contributed by atoms with Crippen LogP contribution < -0.4 is 10.9 Å². The third-order valence-electron chi connectivity index (χ3n) is 2.92. The maximum absolute atomic E-state index is 11.5. The van der Waals surface area contributed by atoms with Gasteiger partial charge in [0.1, 0.15) is 0 Å². The molecule has 5 nitrogen and oxygen atoms in total. The molecule has 0 amide bonds. The lowest BCUT2D eigenvalue weighted by molar-refractivity contribution is 0.727. The van der Waals surface area contributed by atoms with Crippen LogP contribution in [0.4, 0.5) is 5.69 Å². The molecular formula is C13H18N4O. The van der Waals surface area contributed by atoms with E-state index in [-0.39, 0.29) is 5.56 Å². The predicted molar refractivity (Wildman–Crippen MR) is 71.6 cm³/mol. The van der Waals surface area contributed by atoms with Crippen molar-refractivity contribution in [3.8, 4) is 0 Å². The standard InChI is InChI=1S/C13H18N4O/c1-4-17-9-12(5-6-13(17)18)14-7-11-8-16(3)15-10(11)2/h5-6,8-9,14H,4,7H2,1-3H3. The average molecular weight is 246 g/mol. The third-order valence-corrected chi connectivity index (χ3v) is 2.92. The monoisotopic (exact) mass is 246 g/mol. The highest BCUT2D eigenvalue weighted by molar-refractivity contribution is 5.41. The first kappa shape index (κ1) is 12.4. The quantitative estimate of drug-likeness (QED) is 0.890. The third kappa shape index (κ3) is 2.61. The summed E-state index contributed by atoms with van der Waals surface area (Å²) >= 11 is 0. The van der Waals surface area contributed by atoms with Gasteiger partial charge in [-0.05, 0) is 19.9 Å². The van der Waals surface area contributed by atoms with Crippen molar-refractivity contribution in [3.63, 3.8) is 0 Å². The predicted octanol–water partition coefficient (Wildman–Crippen LogP) is 1.52. The largest absolute Gasteiger partial charge is 0.380 e. The molecule has 2 aromatic heterocycles. The van der Waals surface area contributed by atoms with E-state index in [1.165, 1.54) is 0 Å². The van der Waals surface area contributed by atoms with Crippen LogP contribution in [-0.4, -0.2) is 14.3 Å². The number of anilines is 1. The molecule has 0 aliphatic rings. The van der Waals surface area contributed by atoms with E-state index in [4.69, 9.17) is 0 Å². The Bertz CT molecular complexity index is 597. The van der Waals surface area contributed by atoms with Gasteiger partial charge in [-0.15, -0.1) is 0 Å². The van der Waals surface area contributed by atoms with E-state index >= 15 is 0 Å². The first-order valence-electron chi connectivity index (χ1n) is 6.03. The summed E-state index contributed by atoms with van der Waals surface area (Å²) in [6, 6.07) is 3.39. The molecule has 0 aromatic carbocycles. The van der Waals surface area contributed by atoms with E-state index in [0.29, 0.717) is 13.1 Å². The molecule has 0 unspecified atom stereocenters. The number of aryl methyl sites for hydroxylation is 3. The summed E-state index contributed by atoms with van der Waals surface area (Å²) in [4.78, 5) is 11.5. The van der Waals surface area contributed by atoms with E-state index < -0.39 is 0 Å². The van der Waals surface area contributed by atoms with Gasteiger partial charge < -0.3 is 9.88 Å². The van der Waals surface area contributed by atoms with Crippen LogP contribution in [0, 0.1) is 6.92 Å². The van der Waals surface area contributed by atoms with Crippen molar-refractivity contribution in [2.75, 3.05) is 5.32 Å². The van der Waals surface area contributed by atoms with E-state index in [0.717, 1.165) is 16.9 Å². The van der Waals surface area contributed by atoms with Gasteiger partial charge in [0.05, 0.1) is 11.4 Å². The summed E-state index contributed by atoms with van der Waals surface area (Å²) in [7, 11) is 1.91. The van der Waals surface area contributed by atoms with Crippen LogP contribution in [0.3, 0.4) is 0 Å². The van der Waals surface area contributed by atoms with Crippen LogP contribution in [0.5, 0.6) is 0 Å². The Morgan fingerprint density at radius 2 is 2.11 bits per heavy atom. The second-order valence-corrected chi connectivity index (χ2v) is 4.31.